The normalized spacial score (nSPS) is 24.5. The molecule has 2 heterocycles. The highest BCUT2D eigenvalue weighted by molar-refractivity contribution is 5.24. The molecule has 0 bridgehead atoms. The lowest BCUT2D eigenvalue weighted by atomic mass is 10.3. The first kappa shape index (κ1) is 10.8. The number of rotatable bonds is 2. The van der Waals surface area contributed by atoms with E-state index in [2.05, 4.69) is 4.98 Å². The van der Waals surface area contributed by atoms with Crippen molar-refractivity contribution in [3.05, 3.63) is 34.7 Å². The molecule has 3 N–H and O–H groups in total. The monoisotopic (exact) mass is 227 g/mol. The lowest BCUT2D eigenvalue weighted by molar-refractivity contribution is -0.0213. The van der Waals surface area contributed by atoms with Gasteiger partial charge in [0.2, 0.25) is 0 Å². The first-order valence-corrected chi connectivity index (χ1v) is 4.60. The molecule has 0 radical (unpaired) electrons. The summed E-state index contributed by atoms with van der Waals surface area (Å²) < 4.78 is 19.5. The van der Waals surface area contributed by atoms with Gasteiger partial charge < -0.3 is 15.6 Å². The van der Waals surface area contributed by atoms with E-state index in [1.807, 2.05) is 0 Å². The van der Waals surface area contributed by atoms with Gasteiger partial charge >= 0.3 is 5.69 Å². The maximum absolute atomic E-state index is 13.4. The van der Waals surface area contributed by atoms with Crippen LogP contribution in [0.3, 0.4) is 0 Å². The Hall–Kier alpha value is -1.73. The van der Waals surface area contributed by atoms with E-state index in [0.29, 0.717) is 0 Å². The van der Waals surface area contributed by atoms with Gasteiger partial charge in [0.1, 0.15) is 17.7 Å². The average molecular weight is 227 g/mol. The lowest BCUT2D eigenvalue weighted by Gasteiger charge is -2.14. The Bertz CT molecular complexity index is 485. The third kappa shape index (κ3) is 1.82. The quantitative estimate of drug-likeness (QED) is 0.715. The van der Waals surface area contributed by atoms with Crippen LogP contribution in [0.1, 0.15) is 6.23 Å². The summed E-state index contributed by atoms with van der Waals surface area (Å²) in [5, 5.41) is 8.80. The van der Waals surface area contributed by atoms with E-state index >= 15 is 0 Å². The molecule has 0 spiro atoms. The second-order valence-corrected chi connectivity index (χ2v) is 3.30. The van der Waals surface area contributed by atoms with E-state index in [1.165, 1.54) is 12.3 Å². The molecule has 0 aliphatic carbocycles. The van der Waals surface area contributed by atoms with Crippen LogP contribution in [0.5, 0.6) is 0 Å². The van der Waals surface area contributed by atoms with Gasteiger partial charge in [0.25, 0.3) is 0 Å². The van der Waals surface area contributed by atoms with Crippen LogP contribution in [-0.2, 0) is 4.74 Å². The van der Waals surface area contributed by atoms with Gasteiger partial charge in [-0.1, -0.05) is 0 Å². The van der Waals surface area contributed by atoms with E-state index < -0.39 is 23.8 Å². The van der Waals surface area contributed by atoms with Gasteiger partial charge in [0.15, 0.2) is 6.23 Å². The fourth-order valence-corrected chi connectivity index (χ4v) is 1.43. The third-order valence-corrected chi connectivity index (χ3v) is 2.17. The van der Waals surface area contributed by atoms with Crippen LogP contribution in [0.4, 0.5) is 10.2 Å². The summed E-state index contributed by atoms with van der Waals surface area (Å²) in [4.78, 5) is 14.9. The van der Waals surface area contributed by atoms with Crippen LogP contribution in [0, 0.1) is 0 Å². The molecule has 2 rings (SSSR count). The first-order valence-electron chi connectivity index (χ1n) is 4.60. The number of anilines is 1. The maximum Gasteiger partial charge on any atom is 0.351 e. The van der Waals surface area contributed by atoms with Crippen LogP contribution in [-0.4, -0.2) is 27.4 Å². The van der Waals surface area contributed by atoms with Crippen molar-refractivity contribution < 1.29 is 14.2 Å². The number of nitrogen functional groups attached to an aromatic ring is 1. The predicted molar refractivity (Wildman–Crippen MR) is 53.1 cm³/mol. The molecular formula is C9H10FN3O3. The van der Waals surface area contributed by atoms with E-state index in [9.17, 15) is 9.18 Å². The maximum atomic E-state index is 13.4. The van der Waals surface area contributed by atoms with Gasteiger partial charge in [-0.05, 0) is 12.1 Å². The number of hydrogen-bond acceptors (Lipinski definition) is 5. The van der Waals surface area contributed by atoms with Crippen molar-refractivity contribution in [2.24, 2.45) is 0 Å². The molecule has 7 heteroatoms. The van der Waals surface area contributed by atoms with Gasteiger partial charge in [-0.25, -0.2) is 9.18 Å². The number of aromatic nitrogens is 2. The minimum Gasteiger partial charge on any atom is -0.393 e. The van der Waals surface area contributed by atoms with Crippen molar-refractivity contribution in [2.75, 3.05) is 12.3 Å². The molecule has 86 valence electrons. The van der Waals surface area contributed by atoms with Crippen molar-refractivity contribution in [3.63, 3.8) is 0 Å². The molecule has 0 amide bonds. The standard InChI is InChI=1S/C9H10FN3O3/c10-6-3-5(4-14)16-8(6)13-2-1-7(11)12-9(13)15/h1-3,5,8,14H,4H2,(H2,11,12,15)/t5-,8-/m1/s1. The Morgan fingerprint density at radius 1 is 1.69 bits per heavy atom. The van der Waals surface area contributed by atoms with E-state index in [4.69, 9.17) is 15.6 Å². The van der Waals surface area contributed by atoms with Crippen LogP contribution in [0.25, 0.3) is 0 Å². The zero-order valence-corrected chi connectivity index (χ0v) is 8.21. The fourth-order valence-electron chi connectivity index (χ4n) is 1.43. The summed E-state index contributed by atoms with van der Waals surface area (Å²) in [7, 11) is 0. The van der Waals surface area contributed by atoms with E-state index in [1.54, 1.807) is 0 Å². The summed E-state index contributed by atoms with van der Waals surface area (Å²) in [6.45, 7) is -0.346. The predicted octanol–water partition coefficient (Wildman–Crippen LogP) is -0.431. The molecule has 1 aromatic heterocycles. The van der Waals surface area contributed by atoms with Crippen LogP contribution in [0.2, 0.25) is 0 Å². The second kappa shape index (κ2) is 4.03. The molecule has 0 saturated carbocycles. The molecule has 0 fully saturated rings. The Balaban J connectivity index is 2.33. The number of aliphatic hydroxyl groups excluding tert-OH is 1. The number of hydrogen-bond donors (Lipinski definition) is 2. The minimum absolute atomic E-state index is 0.0577. The van der Waals surface area contributed by atoms with Crippen molar-refractivity contribution >= 4 is 5.82 Å². The summed E-state index contributed by atoms with van der Waals surface area (Å²) in [5.41, 5.74) is 4.60. The number of nitrogens with two attached hydrogens (primary N) is 1. The van der Waals surface area contributed by atoms with Crippen LogP contribution in [0.15, 0.2) is 29.0 Å². The number of nitrogens with zero attached hydrogens (tertiary/aromatic N) is 2. The van der Waals surface area contributed by atoms with Gasteiger partial charge in [0.05, 0.1) is 6.61 Å². The molecule has 1 aliphatic heterocycles. The van der Waals surface area contributed by atoms with Gasteiger partial charge in [-0.15, -0.1) is 0 Å². The van der Waals surface area contributed by atoms with Crippen LogP contribution < -0.4 is 11.4 Å². The summed E-state index contributed by atoms with van der Waals surface area (Å²) in [6.07, 6.45) is 0.503. The fraction of sp³-hybridized carbons (Fsp3) is 0.333. The summed E-state index contributed by atoms with van der Waals surface area (Å²) >= 11 is 0. The highest BCUT2D eigenvalue weighted by atomic mass is 19.1. The topological polar surface area (TPSA) is 90.4 Å². The van der Waals surface area contributed by atoms with Crippen molar-refractivity contribution in [2.45, 2.75) is 12.3 Å². The van der Waals surface area contributed by atoms with Crippen molar-refractivity contribution in [3.8, 4) is 0 Å². The van der Waals surface area contributed by atoms with E-state index in [0.717, 1.165) is 10.6 Å². The van der Waals surface area contributed by atoms with Gasteiger partial charge in [0, 0.05) is 6.20 Å². The third-order valence-electron chi connectivity index (χ3n) is 2.17. The van der Waals surface area contributed by atoms with E-state index in [-0.39, 0.29) is 12.4 Å². The Kier molecular flexibility index (Phi) is 2.71. The molecule has 1 aliphatic rings. The number of ether oxygens (including phenoxy) is 1. The molecule has 0 saturated heterocycles. The zero-order valence-electron chi connectivity index (χ0n) is 8.21. The Morgan fingerprint density at radius 3 is 3.00 bits per heavy atom. The zero-order chi connectivity index (χ0) is 11.7. The molecular weight excluding hydrogens is 217 g/mol. The smallest absolute Gasteiger partial charge is 0.351 e. The van der Waals surface area contributed by atoms with Gasteiger partial charge in [-0.2, -0.15) is 4.98 Å². The molecule has 16 heavy (non-hydrogen) atoms. The number of aliphatic hydroxyl groups is 1. The largest absolute Gasteiger partial charge is 0.393 e. The van der Waals surface area contributed by atoms with Gasteiger partial charge in [-0.3, -0.25) is 4.57 Å². The Labute approximate surface area is 89.8 Å². The molecule has 6 nitrogen and oxygen atoms in total. The molecule has 1 aromatic rings. The number of halogens is 1. The second-order valence-electron chi connectivity index (χ2n) is 3.30. The first-order chi connectivity index (χ1) is 7.61. The molecule has 0 unspecified atom stereocenters. The highest BCUT2D eigenvalue weighted by Crippen LogP contribution is 2.28. The summed E-state index contributed by atoms with van der Waals surface area (Å²) in [5.74, 6) is -0.574. The van der Waals surface area contributed by atoms with Crippen LogP contribution >= 0.6 is 0 Å². The SMILES string of the molecule is Nc1ccn([C@@H]2O[C@@H](CO)C=C2F)c(=O)n1. The summed E-state index contributed by atoms with van der Waals surface area (Å²) in [6, 6.07) is 1.37. The van der Waals surface area contributed by atoms with Crippen molar-refractivity contribution in [1.29, 1.82) is 0 Å². The average Bonchev–Trinajstić information content (AvgIpc) is 2.60. The highest BCUT2D eigenvalue weighted by Gasteiger charge is 2.29. The molecule has 0 aromatic carbocycles. The molecule has 2 atom stereocenters. The van der Waals surface area contributed by atoms with Crippen molar-refractivity contribution in [1.82, 2.24) is 9.55 Å². The Morgan fingerprint density at radius 2 is 2.44 bits per heavy atom. The minimum atomic E-state index is -1.17. The lowest BCUT2D eigenvalue weighted by Crippen LogP contribution is -2.28.